The van der Waals surface area contributed by atoms with Gasteiger partial charge in [-0.1, -0.05) is 6.07 Å². The molecule has 0 radical (unpaired) electrons. The van der Waals surface area contributed by atoms with Crippen molar-refractivity contribution >= 4 is 29.1 Å². The molecule has 170 valence electrons. The average Bonchev–Trinajstić information content (AvgIpc) is 2.71. The largest absolute Gasteiger partial charge is 0.349 e. The first kappa shape index (κ1) is 23.3. The van der Waals surface area contributed by atoms with E-state index in [4.69, 9.17) is 0 Å². The summed E-state index contributed by atoms with van der Waals surface area (Å²) >= 11 is 0. The Bertz CT molecular complexity index is 986. The molecular weight excluding hydrogens is 418 g/mol. The number of anilines is 2. The van der Waals surface area contributed by atoms with E-state index in [1.807, 2.05) is 0 Å². The van der Waals surface area contributed by atoms with Gasteiger partial charge in [0.15, 0.2) is 11.6 Å². The van der Waals surface area contributed by atoms with Crippen LogP contribution in [0.2, 0.25) is 0 Å². The molecule has 7 nitrogen and oxygen atoms in total. The second-order valence-corrected chi connectivity index (χ2v) is 7.93. The van der Waals surface area contributed by atoms with Crippen molar-refractivity contribution in [2.75, 3.05) is 23.7 Å². The summed E-state index contributed by atoms with van der Waals surface area (Å²) in [5.41, 5.74) is 1.85. The number of benzene rings is 2. The standard InChI is InChI=1S/C23H26F2N4O3/c1-14(30)26-19-10-17(11-20(12-19)27-15(2)31)23(32)28-18-5-7-29(8-6-18)13-16-3-4-21(24)22(25)9-16/h3-4,9-12,18H,5-8,13H2,1-2H3,(H,26,30)(H,27,31)(H,28,32). The molecule has 2 aromatic carbocycles. The second-order valence-electron chi connectivity index (χ2n) is 7.93. The smallest absolute Gasteiger partial charge is 0.251 e. The van der Waals surface area contributed by atoms with Crippen LogP contribution in [0.4, 0.5) is 20.2 Å². The molecule has 0 bridgehead atoms. The maximum absolute atomic E-state index is 13.4. The van der Waals surface area contributed by atoms with Crippen LogP contribution < -0.4 is 16.0 Å². The first-order valence-electron chi connectivity index (χ1n) is 10.4. The molecule has 3 amide bonds. The van der Waals surface area contributed by atoms with E-state index in [1.54, 1.807) is 24.3 Å². The van der Waals surface area contributed by atoms with Crippen LogP contribution in [0.15, 0.2) is 36.4 Å². The number of rotatable bonds is 6. The van der Waals surface area contributed by atoms with Crippen LogP contribution in [-0.2, 0) is 16.1 Å². The van der Waals surface area contributed by atoms with Gasteiger partial charge in [0, 0.05) is 56.5 Å². The highest BCUT2D eigenvalue weighted by Gasteiger charge is 2.22. The summed E-state index contributed by atoms with van der Waals surface area (Å²) in [6, 6.07) is 8.55. The molecule has 0 saturated carbocycles. The highest BCUT2D eigenvalue weighted by Crippen LogP contribution is 2.21. The highest BCUT2D eigenvalue weighted by molar-refractivity contribution is 6.00. The van der Waals surface area contributed by atoms with Crippen molar-refractivity contribution in [3.63, 3.8) is 0 Å². The van der Waals surface area contributed by atoms with Crippen LogP contribution in [0.3, 0.4) is 0 Å². The molecule has 0 aromatic heterocycles. The van der Waals surface area contributed by atoms with E-state index in [0.717, 1.165) is 6.07 Å². The molecule has 0 unspecified atom stereocenters. The van der Waals surface area contributed by atoms with Gasteiger partial charge < -0.3 is 16.0 Å². The number of halogens is 2. The lowest BCUT2D eigenvalue weighted by Gasteiger charge is -2.32. The third-order valence-corrected chi connectivity index (χ3v) is 5.15. The zero-order chi connectivity index (χ0) is 23.3. The molecule has 0 aliphatic carbocycles. The quantitative estimate of drug-likeness (QED) is 0.638. The fourth-order valence-electron chi connectivity index (χ4n) is 3.71. The SMILES string of the molecule is CC(=O)Nc1cc(NC(C)=O)cc(C(=O)NC2CCN(Cc3ccc(F)c(F)c3)CC2)c1. The number of piperidine rings is 1. The molecule has 1 aliphatic heterocycles. The predicted molar refractivity (Wildman–Crippen MR) is 117 cm³/mol. The summed E-state index contributed by atoms with van der Waals surface area (Å²) < 4.78 is 26.5. The van der Waals surface area contributed by atoms with Gasteiger partial charge in [-0.25, -0.2) is 8.78 Å². The van der Waals surface area contributed by atoms with Crippen molar-refractivity contribution in [1.29, 1.82) is 0 Å². The van der Waals surface area contributed by atoms with Gasteiger partial charge >= 0.3 is 0 Å². The Morgan fingerprint density at radius 2 is 1.50 bits per heavy atom. The van der Waals surface area contributed by atoms with Crippen LogP contribution in [0.1, 0.15) is 42.6 Å². The number of nitrogens with one attached hydrogen (secondary N) is 3. The minimum Gasteiger partial charge on any atom is -0.349 e. The lowest BCUT2D eigenvalue weighted by Crippen LogP contribution is -2.44. The van der Waals surface area contributed by atoms with Gasteiger partial charge in [-0.2, -0.15) is 0 Å². The minimum absolute atomic E-state index is 0.0441. The van der Waals surface area contributed by atoms with Crippen LogP contribution in [0.5, 0.6) is 0 Å². The van der Waals surface area contributed by atoms with Crippen LogP contribution in [-0.4, -0.2) is 41.8 Å². The number of likely N-dealkylation sites (tertiary alicyclic amines) is 1. The van der Waals surface area contributed by atoms with E-state index in [0.29, 0.717) is 55.0 Å². The molecule has 1 fully saturated rings. The Hall–Kier alpha value is -3.33. The van der Waals surface area contributed by atoms with Crippen molar-refractivity contribution in [1.82, 2.24) is 10.2 Å². The van der Waals surface area contributed by atoms with Crippen molar-refractivity contribution < 1.29 is 23.2 Å². The van der Waals surface area contributed by atoms with Crippen molar-refractivity contribution in [2.24, 2.45) is 0 Å². The zero-order valence-electron chi connectivity index (χ0n) is 18.0. The van der Waals surface area contributed by atoms with Crippen LogP contribution in [0.25, 0.3) is 0 Å². The maximum Gasteiger partial charge on any atom is 0.251 e. The minimum atomic E-state index is -0.862. The maximum atomic E-state index is 13.4. The summed E-state index contributed by atoms with van der Waals surface area (Å²) in [4.78, 5) is 37.7. The van der Waals surface area contributed by atoms with Gasteiger partial charge in [-0.15, -0.1) is 0 Å². The highest BCUT2D eigenvalue weighted by atomic mass is 19.2. The molecule has 2 aromatic rings. The Labute approximate surface area is 185 Å². The summed E-state index contributed by atoms with van der Waals surface area (Å²) in [7, 11) is 0. The van der Waals surface area contributed by atoms with Crippen molar-refractivity contribution in [3.8, 4) is 0 Å². The van der Waals surface area contributed by atoms with Crippen molar-refractivity contribution in [3.05, 3.63) is 59.2 Å². The fourth-order valence-corrected chi connectivity index (χ4v) is 3.71. The van der Waals surface area contributed by atoms with E-state index in [1.165, 1.54) is 19.9 Å². The first-order valence-corrected chi connectivity index (χ1v) is 10.4. The summed E-state index contributed by atoms with van der Waals surface area (Å²) in [5.74, 6) is -2.60. The number of amides is 3. The Morgan fingerprint density at radius 3 is 2.03 bits per heavy atom. The van der Waals surface area contributed by atoms with Gasteiger partial charge in [0.2, 0.25) is 11.8 Å². The van der Waals surface area contributed by atoms with E-state index >= 15 is 0 Å². The second kappa shape index (κ2) is 10.3. The number of nitrogens with zero attached hydrogens (tertiary/aromatic N) is 1. The molecule has 1 saturated heterocycles. The molecular formula is C23H26F2N4O3. The third kappa shape index (κ3) is 6.58. The first-order chi connectivity index (χ1) is 15.2. The van der Waals surface area contributed by atoms with E-state index in [-0.39, 0.29) is 23.8 Å². The number of carbonyl (C=O) groups excluding carboxylic acids is 3. The molecule has 0 atom stereocenters. The Kier molecular flexibility index (Phi) is 7.53. The topological polar surface area (TPSA) is 90.5 Å². The predicted octanol–water partition coefficient (Wildman–Crippen LogP) is 3.28. The van der Waals surface area contributed by atoms with Crippen LogP contribution >= 0.6 is 0 Å². The van der Waals surface area contributed by atoms with E-state index in [2.05, 4.69) is 20.9 Å². The molecule has 32 heavy (non-hydrogen) atoms. The molecule has 1 heterocycles. The van der Waals surface area contributed by atoms with Gasteiger partial charge in [0.05, 0.1) is 0 Å². The number of hydrogen-bond acceptors (Lipinski definition) is 4. The average molecular weight is 444 g/mol. The van der Waals surface area contributed by atoms with Gasteiger partial charge in [0.1, 0.15) is 0 Å². The number of hydrogen-bond donors (Lipinski definition) is 3. The van der Waals surface area contributed by atoms with Crippen molar-refractivity contribution in [2.45, 2.75) is 39.3 Å². The summed E-state index contributed by atoms with van der Waals surface area (Å²) in [6.07, 6.45) is 1.42. The molecule has 3 rings (SSSR count). The normalized spacial score (nSPS) is 14.6. The number of carbonyl (C=O) groups is 3. The van der Waals surface area contributed by atoms with E-state index in [9.17, 15) is 23.2 Å². The Balaban J connectivity index is 1.59. The summed E-state index contributed by atoms with van der Waals surface area (Å²) in [5, 5.41) is 8.25. The molecule has 3 N–H and O–H groups in total. The zero-order valence-corrected chi connectivity index (χ0v) is 18.0. The lowest BCUT2D eigenvalue weighted by atomic mass is 10.0. The van der Waals surface area contributed by atoms with Gasteiger partial charge in [-0.05, 0) is 48.7 Å². The third-order valence-electron chi connectivity index (χ3n) is 5.15. The van der Waals surface area contributed by atoms with Crippen LogP contribution in [0, 0.1) is 11.6 Å². The van der Waals surface area contributed by atoms with Gasteiger partial charge in [0.25, 0.3) is 5.91 Å². The van der Waals surface area contributed by atoms with E-state index < -0.39 is 11.6 Å². The monoisotopic (exact) mass is 444 g/mol. The molecule has 0 spiro atoms. The summed E-state index contributed by atoms with van der Waals surface area (Å²) in [6.45, 7) is 4.63. The fraction of sp³-hybridized carbons (Fsp3) is 0.348. The molecule has 1 aliphatic rings. The van der Waals surface area contributed by atoms with Gasteiger partial charge in [-0.3, -0.25) is 19.3 Å². The lowest BCUT2D eigenvalue weighted by molar-refractivity contribution is -0.115. The Morgan fingerprint density at radius 1 is 0.906 bits per heavy atom. The molecule has 9 heteroatoms.